The molecule has 15 heavy (non-hydrogen) atoms. The monoisotopic (exact) mass is 213 g/mol. The summed E-state index contributed by atoms with van der Waals surface area (Å²) in [6, 6.07) is 9.96. The largest absolute Gasteiger partial charge is 0.255 e. The summed E-state index contributed by atoms with van der Waals surface area (Å²) in [4.78, 5) is 4.30. The average Bonchev–Trinajstić information content (AvgIpc) is 2.29. The fourth-order valence-electron chi connectivity index (χ4n) is 1.30. The van der Waals surface area contributed by atoms with Crippen molar-refractivity contribution in [2.45, 2.75) is 0 Å². The van der Waals surface area contributed by atoms with Crippen LogP contribution in [-0.2, 0) is 0 Å². The van der Waals surface area contributed by atoms with Crippen LogP contribution in [0.1, 0.15) is 5.56 Å². The highest BCUT2D eigenvalue weighted by molar-refractivity contribution is 6.25. The van der Waals surface area contributed by atoms with Gasteiger partial charge in [0, 0.05) is 22.7 Å². The summed E-state index contributed by atoms with van der Waals surface area (Å²) in [6.45, 7) is 0. The Balaban J connectivity index is 2.44. The molecule has 0 aliphatic rings. The van der Waals surface area contributed by atoms with Crippen LogP contribution in [0.25, 0.3) is 10.9 Å². The first-order chi connectivity index (χ1) is 7.40. The van der Waals surface area contributed by atoms with Gasteiger partial charge in [0.1, 0.15) is 0 Å². The molecule has 0 aliphatic heterocycles. The van der Waals surface area contributed by atoms with Gasteiger partial charge in [0.05, 0.1) is 5.52 Å². The van der Waals surface area contributed by atoms with E-state index in [0.29, 0.717) is 0 Å². The number of nitrogens with zero attached hydrogens (tertiary/aromatic N) is 1. The second-order valence-electron chi connectivity index (χ2n) is 2.98. The van der Waals surface area contributed by atoms with E-state index in [1.54, 1.807) is 12.3 Å². The van der Waals surface area contributed by atoms with E-state index in [4.69, 9.17) is 11.6 Å². The van der Waals surface area contributed by atoms with E-state index in [-0.39, 0.29) is 0 Å². The Morgan fingerprint density at radius 1 is 1.27 bits per heavy atom. The molecule has 0 aliphatic carbocycles. The van der Waals surface area contributed by atoms with Crippen molar-refractivity contribution in [2.75, 3.05) is 0 Å². The van der Waals surface area contributed by atoms with Gasteiger partial charge in [-0.25, -0.2) is 0 Å². The molecule has 0 saturated heterocycles. The SMILES string of the molecule is ClC=CC#Cc1cnc2ccccc2c1. The summed E-state index contributed by atoms with van der Waals surface area (Å²) in [5.74, 6) is 5.77. The number of fused-ring (bicyclic) bond motifs is 1. The average molecular weight is 214 g/mol. The Kier molecular flexibility index (Phi) is 3.02. The van der Waals surface area contributed by atoms with Gasteiger partial charge in [0.25, 0.3) is 0 Å². The zero-order valence-electron chi connectivity index (χ0n) is 7.94. The van der Waals surface area contributed by atoms with Crippen LogP contribution in [0.5, 0.6) is 0 Å². The highest BCUT2D eigenvalue weighted by Gasteiger charge is 1.93. The molecule has 72 valence electrons. The Morgan fingerprint density at radius 3 is 3.00 bits per heavy atom. The van der Waals surface area contributed by atoms with Crippen molar-refractivity contribution in [2.24, 2.45) is 0 Å². The maximum absolute atomic E-state index is 5.36. The molecule has 0 N–H and O–H groups in total. The van der Waals surface area contributed by atoms with Crippen LogP contribution in [-0.4, -0.2) is 4.98 Å². The van der Waals surface area contributed by atoms with E-state index in [1.165, 1.54) is 5.54 Å². The van der Waals surface area contributed by atoms with Crippen LogP contribution in [0, 0.1) is 11.8 Å². The predicted octanol–water partition coefficient (Wildman–Crippen LogP) is 3.34. The number of pyridine rings is 1. The second kappa shape index (κ2) is 4.63. The summed E-state index contributed by atoms with van der Waals surface area (Å²) < 4.78 is 0. The molecular formula is C13H8ClN. The molecule has 0 unspecified atom stereocenters. The number of benzene rings is 1. The van der Waals surface area contributed by atoms with E-state index in [1.807, 2.05) is 30.3 Å². The molecule has 0 atom stereocenters. The fourth-order valence-corrected chi connectivity index (χ4v) is 1.36. The van der Waals surface area contributed by atoms with Crippen molar-refractivity contribution in [3.05, 3.63) is 53.7 Å². The van der Waals surface area contributed by atoms with Crippen molar-refractivity contribution in [1.29, 1.82) is 0 Å². The lowest BCUT2D eigenvalue weighted by molar-refractivity contribution is 1.39. The molecule has 1 heterocycles. The lowest BCUT2D eigenvalue weighted by Gasteiger charge is -1.95. The standard InChI is InChI=1S/C13H8ClN/c14-8-4-3-5-11-9-12-6-1-2-7-13(12)15-10-11/h1-2,4,6-10H. The number of hydrogen-bond donors (Lipinski definition) is 0. The smallest absolute Gasteiger partial charge is 0.0702 e. The number of rotatable bonds is 0. The van der Waals surface area contributed by atoms with Crippen LogP contribution in [0.4, 0.5) is 0 Å². The van der Waals surface area contributed by atoms with E-state index in [9.17, 15) is 0 Å². The number of aromatic nitrogens is 1. The van der Waals surface area contributed by atoms with Gasteiger partial charge >= 0.3 is 0 Å². The van der Waals surface area contributed by atoms with Gasteiger partial charge in [0.2, 0.25) is 0 Å². The third-order valence-corrected chi connectivity index (χ3v) is 2.08. The zero-order chi connectivity index (χ0) is 10.5. The summed E-state index contributed by atoms with van der Waals surface area (Å²) in [5, 5.41) is 1.10. The van der Waals surface area contributed by atoms with Gasteiger partial charge < -0.3 is 0 Å². The molecule has 1 nitrogen and oxygen atoms in total. The fraction of sp³-hybridized carbons (Fsp3) is 0. The summed E-state index contributed by atoms with van der Waals surface area (Å²) in [6.07, 6.45) is 3.36. The first-order valence-electron chi connectivity index (χ1n) is 4.52. The van der Waals surface area contributed by atoms with E-state index in [2.05, 4.69) is 16.8 Å². The molecule has 1 aromatic carbocycles. The molecule has 0 fully saturated rings. The minimum absolute atomic E-state index is 0.892. The van der Waals surface area contributed by atoms with Crippen LogP contribution in [0.15, 0.2) is 48.1 Å². The third-order valence-electron chi connectivity index (χ3n) is 1.95. The maximum Gasteiger partial charge on any atom is 0.0702 e. The van der Waals surface area contributed by atoms with Gasteiger partial charge in [-0.2, -0.15) is 0 Å². The van der Waals surface area contributed by atoms with Crippen LogP contribution >= 0.6 is 11.6 Å². The lowest BCUT2D eigenvalue weighted by Crippen LogP contribution is -1.80. The minimum atomic E-state index is 0.892. The van der Waals surface area contributed by atoms with E-state index in [0.717, 1.165) is 16.5 Å². The van der Waals surface area contributed by atoms with Crippen LogP contribution in [0.2, 0.25) is 0 Å². The van der Waals surface area contributed by atoms with Crippen molar-refractivity contribution in [3.63, 3.8) is 0 Å². The third kappa shape index (κ3) is 2.37. The molecule has 0 amide bonds. The summed E-state index contributed by atoms with van der Waals surface area (Å²) in [7, 11) is 0. The zero-order valence-corrected chi connectivity index (χ0v) is 8.70. The van der Waals surface area contributed by atoms with Crippen molar-refractivity contribution < 1.29 is 0 Å². The van der Waals surface area contributed by atoms with Gasteiger partial charge in [-0.1, -0.05) is 41.6 Å². The van der Waals surface area contributed by atoms with Crippen molar-refractivity contribution in [3.8, 4) is 11.8 Å². The van der Waals surface area contributed by atoms with E-state index >= 15 is 0 Å². The van der Waals surface area contributed by atoms with Gasteiger partial charge in [-0.15, -0.1) is 0 Å². The topological polar surface area (TPSA) is 12.9 Å². The number of hydrogen-bond acceptors (Lipinski definition) is 1. The summed E-state index contributed by atoms with van der Waals surface area (Å²) in [5.41, 5.74) is 3.26. The van der Waals surface area contributed by atoms with Gasteiger partial charge in [-0.05, 0) is 18.2 Å². The minimum Gasteiger partial charge on any atom is -0.255 e. The molecule has 0 bridgehead atoms. The van der Waals surface area contributed by atoms with Crippen LogP contribution in [0.3, 0.4) is 0 Å². The Bertz CT molecular complexity index is 561. The molecule has 2 rings (SSSR count). The quantitative estimate of drug-likeness (QED) is 0.612. The second-order valence-corrected chi connectivity index (χ2v) is 3.23. The first-order valence-corrected chi connectivity index (χ1v) is 4.95. The van der Waals surface area contributed by atoms with Gasteiger partial charge in [-0.3, -0.25) is 4.98 Å². The maximum atomic E-state index is 5.36. The lowest BCUT2D eigenvalue weighted by atomic mass is 10.2. The Morgan fingerprint density at radius 2 is 2.13 bits per heavy atom. The predicted molar refractivity (Wildman–Crippen MR) is 63.6 cm³/mol. The Hall–Kier alpha value is -1.78. The van der Waals surface area contributed by atoms with Gasteiger partial charge in [0.15, 0.2) is 0 Å². The molecule has 2 aromatic rings. The molecule has 0 spiro atoms. The summed E-state index contributed by atoms with van der Waals surface area (Å²) >= 11 is 5.36. The molecule has 0 saturated carbocycles. The van der Waals surface area contributed by atoms with Crippen molar-refractivity contribution >= 4 is 22.5 Å². The number of halogens is 1. The molecular weight excluding hydrogens is 206 g/mol. The molecule has 0 radical (unpaired) electrons. The Labute approximate surface area is 93.4 Å². The number of para-hydroxylation sites is 1. The highest BCUT2D eigenvalue weighted by Crippen LogP contribution is 2.11. The molecule has 1 aromatic heterocycles. The normalized spacial score (nSPS) is 10.2. The van der Waals surface area contributed by atoms with Crippen LogP contribution < -0.4 is 0 Å². The number of allylic oxidation sites excluding steroid dienone is 1. The van der Waals surface area contributed by atoms with Crippen molar-refractivity contribution in [1.82, 2.24) is 4.98 Å². The first kappa shape index (κ1) is 9.76. The molecule has 2 heteroatoms. The van der Waals surface area contributed by atoms with E-state index < -0.39 is 0 Å². The highest BCUT2D eigenvalue weighted by atomic mass is 35.5.